The van der Waals surface area contributed by atoms with Crippen LogP contribution in [0.3, 0.4) is 0 Å². The molecule has 236 valence electrons. The number of hydrogen-bond acceptors (Lipinski definition) is 7. The summed E-state index contributed by atoms with van der Waals surface area (Å²) in [7, 11) is 0. The highest BCUT2D eigenvalue weighted by atomic mass is 19.4. The molecular weight excluding hydrogens is 603 g/mol. The number of alkyl halides is 3. The fraction of sp³-hybridized carbons (Fsp3) is 0.125. The van der Waals surface area contributed by atoms with Gasteiger partial charge in [0.15, 0.2) is 0 Å². The van der Waals surface area contributed by atoms with Crippen molar-refractivity contribution >= 4 is 52.3 Å². The van der Waals surface area contributed by atoms with Crippen LogP contribution in [0.1, 0.15) is 38.8 Å². The predicted octanol–water partition coefficient (Wildman–Crippen LogP) is 5.68. The van der Waals surface area contributed by atoms with Crippen LogP contribution in [0, 0.1) is 6.92 Å². The molecule has 0 saturated heterocycles. The Morgan fingerprint density at radius 1 is 0.804 bits per heavy atom. The molecule has 5 N–H and O–H groups in total. The molecule has 4 aromatic rings. The number of benzene rings is 3. The van der Waals surface area contributed by atoms with Crippen molar-refractivity contribution in [2.45, 2.75) is 26.1 Å². The first-order valence-corrected chi connectivity index (χ1v) is 13.7. The first kappa shape index (κ1) is 32.9. The van der Waals surface area contributed by atoms with Gasteiger partial charge in [-0.15, -0.1) is 0 Å². The van der Waals surface area contributed by atoms with E-state index in [0.717, 1.165) is 24.3 Å². The molecule has 4 rings (SSSR count). The van der Waals surface area contributed by atoms with Gasteiger partial charge in [0.05, 0.1) is 23.6 Å². The Hall–Kier alpha value is -6.05. The standard InChI is InChI=1S/C32H28F3N7O4/c1-4-27(43)38-19(3)28(44)39-22-9-6-10-23(14-22)42-31-36-16-25(17-37-31)41-30(46)26-15-24(12-11-18(26)2)40-29(45)20-7-5-8-21(13-20)32(33,34)35/h4-17,19H,1H2,2-3H3,(H,38,43)(H,39,44)(H,40,45)(H,41,46)(H,36,37,42)/t19-/m0/s1. The normalized spacial score (nSPS) is 11.5. The first-order valence-electron chi connectivity index (χ1n) is 13.7. The van der Waals surface area contributed by atoms with E-state index in [1.54, 1.807) is 37.3 Å². The molecule has 1 heterocycles. The zero-order valence-electron chi connectivity index (χ0n) is 24.5. The first-order chi connectivity index (χ1) is 21.8. The molecule has 0 aliphatic rings. The van der Waals surface area contributed by atoms with Crippen LogP contribution in [-0.4, -0.2) is 39.6 Å². The van der Waals surface area contributed by atoms with Gasteiger partial charge in [0.25, 0.3) is 11.8 Å². The van der Waals surface area contributed by atoms with Gasteiger partial charge in [0.1, 0.15) is 6.04 Å². The van der Waals surface area contributed by atoms with Gasteiger partial charge in [-0.05, 0) is 74.0 Å². The fourth-order valence-electron chi connectivity index (χ4n) is 4.03. The van der Waals surface area contributed by atoms with Crippen LogP contribution in [0.2, 0.25) is 0 Å². The molecule has 3 aromatic carbocycles. The molecule has 46 heavy (non-hydrogen) atoms. The van der Waals surface area contributed by atoms with Crippen LogP contribution in [0.15, 0.2) is 91.8 Å². The van der Waals surface area contributed by atoms with E-state index in [4.69, 9.17) is 0 Å². The quantitative estimate of drug-likeness (QED) is 0.141. The average Bonchev–Trinajstić information content (AvgIpc) is 3.02. The number of nitrogens with zero attached hydrogens (tertiary/aromatic N) is 2. The molecule has 0 unspecified atom stereocenters. The van der Waals surface area contributed by atoms with Gasteiger partial charge in [0, 0.05) is 28.2 Å². The van der Waals surface area contributed by atoms with Crippen LogP contribution in [0.25, 0.3) is 0 Å². The SMILES string of the molecule is C=CC(=O)N[C@@H](C)C(=O)Nc1cccc(Nc2ncc(NC(=O)c3cc(NC(=O)c4cccc(C(F)(F)F)c4)ccc3C)cn2)c1. The largest absolute Gasteiger partial charge is 0.416 e. The topological polar surface area (TPSA) is 154 Å². The van der Waals surface area contributed by atoms with Crippen molar-refractivity contribution in [3.05, 3.63) is 114 Å². The molecule has 0 radical (unpaired) electrons. The number of amides is 4. The molecule has 0 bridgehead atoms. The van der Waals surface area contributed by atoms with Gasteiger partial charge in [-0.25, -0.2) is 9.97 Å². The fourth-order valence-corrected chi connectivity index (χ4v) is 4.03. The Balaban J connectivity index is 1.38. The lowest BCUT2D eigenvalue weighted by molar-refractivity contribution is -0.137. The maximum absolute atomic E-state index is 13.0. The highest BCUT2D eigenvalue weighted by molar-refractivity contribution is 6.08. The van der Waals surface area contributed by atoms with Crippen LogP contribution in [0.5, 0.6) is 0 Å². The zero-order valence-corrected chi connectivity index (χ0v) is 24.5. The van der Waals surface area contributed by atoms with Crippen molar-refractivity contribution in [1.29, 1.82) is 0 Å². The van der Waals surface area contributed by atoms with Crippen molar-refractivity contribution in [1.82, 2.24) is 15.3 Å². The number of rotatable bonds is 10. The second-order valence-electron chi connectivity index (χ2n) is 9.94. The number of aromatic nitrogens is 2. The summed E-state index contributed by atoms with van der Waals surface area (Å²) in [6.07, 6.45) is -0.782. The Bertz CT molecular complexity index is 1790. The molecule has 0 fully saturated rings. The number of halogens is 3. The Labute approximate surface area is 261 Å². The number of carbonyl (C=O) groups excluding carboxylic acids is 4. The number of hydrogen-bond donors (Lipinski definition) is 5. The van der Waals surface area contributed by atoms with E-state index >= 15 is 0 Å². The highest BCUT2D eigenvalue weighted by Crippen LogP contribution is 2.30. The van der Waals surface area contributed by atoms with E-state index in [1.165, 1.54) is 37.5 Å². The van der Waals surface area contributed by atoms with Gasteiger partial charge in [-0.3, -0.25) is 19.2 Å². The van der Waals surface area contributed by atoms with Crippen molar-refractivity contribution in [2.24, 2.45) is 0 Å². The van der Waals surface area contributed by atoms with E-state index < -0.39 is 41.4 Å². The van der Waals surface area contributed by atoms with Crippen molar-refractivity contribution in [2.75, 3.05) is 21.3 Å². The Morgan fingerprint density at radius 2 is 1.46 bits per heavy atom. The second kappa shape index (κ2) is 14.2. The van der Waals surface area contributed by atoms with E-state index in [9.17, 15) is 32.3 Å². The van der Waals surface area contributed by atoms with Gasteiger partial charge >= 0.3 is 6.18 Å². The molecule has 0 saturated carbocycles. The third-order valence-corrected chi connectivity index (χ3v) is 6.43. The minimum Gasteiger partial charge on any atom is -0.341 e. The Kier molecular flexibility index (Phi) is 10.1. The van der Waals surface area contributed by atoms with Crippen molar-refractivity contribution in [3.8, 4) is 0 Å². The zero-order chi connectivity index (χ0) is 33.4. The number of aryl methyl sites for hydroxylation is 1. The monoisotopic (exact) mass is 631 g/mol. The summed E-state index contributed by atoms with van der Waals surface area (Å²) in [6.45, 7) is 6.57. The lowest BCUT2D eigenvalue weighted by Crippen LogP contribution is -2.40. The number of anilines is 5. The van der Waals surface area contributed by atoms with Crippen molar-refractivity contribution in [3.63, 3.8) is 0 Å². The second-order valence-corrected chi connectivity index (χ2v) is 9.94. The number of nitrogens with one attached hydrogen (secondary N) is 5. The average molecular weight is 632 g/mol. The maximum atomic E-state index is 13.0. The third-order valence-electron chi connectivity index (χ3n) is 6.43. The van der Waals surface area contributed by atoms with E-state index in [-0.39, 0.29) is 28.5 Å². The molecule has 1 aromatic heterocycles. The summed E-state index contributed by atoms with van der Waals surface area (Å²) >= 11 is 0. The van der Waals surface area contributed by atoms with Gasteiger partial charge in [-0.2, -0.15) is 13.2 Å². The third kappa shape index (κ3) is 8.75. The van der Waals surface area contributed by atoms with E-state index in [1.807, 2.05) is 0 Å². The highest BCUT2D eigenvalue weighted by Gasteiger charge is 2.31. The smallest absolute Gasteiger partial charge is 0.341 e. The van der Waals surface area contributed by atoms with Gasteiger partial charge in [-0.1, -0.05) is 24.8 Å². The van der Waals surface area contributed by atoms with Crippen LogP contribution in [-0.2, 0) is 15.8 Å². The lowest BCUT2D eigenvalue weighted by Gasteiger charge is -2.14. The summed E-state index contributed by atoms with van der Waals surface area (Å²) in [4.78, 5) is 57.8. The van der Waals surface area contributed by atoms with Crippen molar-refractivity contribution < 1.29 is 32.3 Å². The number of carbonyl (C=O) groups is 4. The van der Waals surface area contributed by atoms with Gasteiger partial charge in [0.2, 0.25) is 17.8 Å². The molecule has 0 aliphatic carbocycles. The Morgan fingerprint density at radius 3 is 2.15 bits per heavy atom. The summed E-state index contributed by atoms with van der Waals surface area (Å²) in [5, 5.41) is 13.4. The van der Waals surface area contributed by atoms with Gasteiger partial charge < -0.3 is 26.6 Å². The van der Waals surface area contributed by atoms with E-state index in [0.29, 0.717) is 16.9 Å². The molecule has 0 spiro atoms. The summed E-state index contributed by atoms with van der Waals surface area (Å²) in [5.74, 6) is -2.00. The molecule has 4 amide bonds. The van der Waals surface area contributed by atoms with Crippen LogP contribution >= 0.6 is 0 Å². The molecule has 11 nitrogen and oxygen atoms in total. The predicted molar refractivity (Wildman–Crippen MR) is 167 cm³/mol. The molecule has 1 atom stereocenters. The van der Waals surface area contributed by atoms with Crippen LogP contribution in [0.4, 0.5) is 41.9 Å². The summed E-state index contributed by atoms with van der Waals surface area (Å²) in [6, 6.07) is 14.5. The summed E-state index contributed by atoms with van der Waals surface area (Å²) in [5.41, 5.74) is 1.15. The van der Waals surface area contributed by atoms with E-state index in [2.05, 4.69) is 43.1 Å². The molecular formula is C32H28F3N7O4. The van der Waals surface area contributed by atoms with Crippen LogP contribution < -0.4 is 26.6 Å². The maximum Gasteiger partial charge on any atom is 0.416 e. The minimum absolute atomic E-state index is 0.187. The molecule has 14 heteroatoms. The lowest BCUT2D eigenvalue weighted by atomic mass is 10.1. The molecule has 0 aliphatic heterocycles. The summed E-state index contributed by atoms with van der Waals surface area (Å²) < 4.78 is 39.1. The minimum atomic E-state index is -4.60.